The van der Waals surface area contributed by atoms with Gasteiger partial charge in [-0.1, -0.05) is 29.3 Å². The molecule has 6 heteroatoms. The van der Waals surface area contributed by atoms with E-state index in [2.05, 4.69) is 0 Å². The van der Waals surface area contributed by atoms with Crippen LogP contribution in [0.1, 0.15) is 5.56 Å². The highest BCUT2D eigenvalue weighted by Gasteiger charge is 2.31. The molecule has 0 saturated carbocycles. The Morgan fingerprint density at radius 1 is 0.895 bits per heavy atom. The number of aromatic hydroxyl groups is 1. The molecule has 100 valence electrons. The molecule has 0 atom stereocenters. The molecule has 0 radical (unpaired) electrons. The van der Waals surface area contributed by atoms with Crippen molar-refractivity contribution in [3.63, 3.8) is 0 Å². The van der Waals surface area contributed by atoms with Crippen LogP contribution in [0.25, 0.3) is 11.1 Å². The molecular formula is C13H7Cl2F3O. The van der Waals surface area contributed by atoms with Gasteiger partial charge in [-0.15, -0.1) is 0 Å². The summed E-state index contributed by atoms with van der Waals surface area (Å²) in [6.07, 6.45) is -4.47. The molecule has 0 unspecified atom stereocenters. The summed E-state index contributed by atoms with van der Waals surface area (Å²) in [6, 6.07) is 7.04. The summed E-state index contributed by atoms with van der Waals surface area (Å²) in [7, 11) is 0. The van der Waals surface area contributed by atoms with Crippen molar-refractivity contribution < 1.29 is 18.3 Å². The zero-order valence-corrected chi connectivity index (χ0v) is 10.8. The van der Waals surface area contributed by atoms with E-state index in [4.69, 9.17) is 23.2 Å². The fraction of sp³-hybridized carbons (Fsp3) is 0.0769. The normalized spacial score (nSPS) is 11.6. The number of hydrogen-bond acceptors (Lipinski definition) is 1. The molecule has 0 amide bonds. The van der Waals surface area contributed by atoms with Crippen LogP contribution in [0.3, 0.4) is 0 Å². The molecule has 0 aliphatic rings. The van der Waals surface area contributed by atoms with Crippen LogP contribution in [0.5, 0.6) is 5.75 Å². The number of benzene rings is 2. The van der Waals surface area contributed by atoms with Crippen LogP contribution in [0.2, 0.25) is 10.0 Å². The molecule has 0 heterocycles. The Morgan fingerprint density at radius 3 is 2.16 bits per heavy atom. The van der Waals surface area contributed by atoms with Gasteiger partial charge in [0.15, 0.2) is 0 Å². The third-order valence-corrected chi connectivity index (χ3v) is 3.29. The van der Waals surface area contributed by atoms with Gasteiger partial charge in [-0.05, 0) is 35.9 Å². The zero-order chi connectivity index (χ0) is 14.2. The van der Waals surface area contributed by atoms with E-state index < -0.39 is 11.7 Å². The second-order valence-electron chi connectivity index (χ2n) is 3.86. The van der Waals surface area contributed by atoms with Crippen molar-refractivity contribution in [2.24, 2.45) is 0 Å². The molecule has 0 spiro atoms. The highest BCUT2D eigenvalue weighted by molar-refractivity contribution is 6.42. The molecule has 2 aromatic rings. The topological polar surface area (TPSA) is 20.2 Å². The van der Waals surface area contributed by atoms with Gasteiger partial charge in [0.1, 0.15) is 5.75 Å². The molecule has 0 aliphatic carbocycles. The van der Waals surface area contributed by atoms with Crippen molar-refractivity contribution in [3.05, 3.63) is 52.0 Å². The average molecular weight is 307 g/mol. The van der Waals surface area contributed by atoms with Gasteiger partial charge >= 0.3 is 6.18 Å². The lowest BCUT2D eigenvalue weighted by Crippen LogP contribution is -2.04. The monoisotopic (exact) mass is 306 g/mol. The molecule has 2 aromatic carbocycles. The average Bonchev–Trinajstić information content (AvgIpc) is 2.32. The van der Waals surface area contributed by atoms with Crippen LogP contribution < -0.4 is 0 Å². The summed E-state index contributed by atoms with van der Waals surface area (Å²) in [5, 5.41) is 10.2. The number of alkyl halides is 3. The molecule has 0 fully saturated rings. The van der Waals surface area contributed by atoms with Gasteiger partial charge in [-0.3, -0.25) is 0 Å². The van der Waals surface area contributed by atoms with E-state index in [1.807, 2.05) is 0 Å². The van der Waals surface area contributed by atoms with Crippen molar-refractivity contribution >= 4 is 23.2 Å². The summed E-state index contributed by atoms with van der Waals surface area (Å²) in [5.74, 6) is -0.258. The maximum Gasteiger partial charge on any atom is 0.416 e. The molecule has 0 saturated heterocycles. The van der Waals surface area contributed by atoms with Crippen molar-refractivity contribution in [1.82, 2.24) is 0 Å². The molecule has 1 nitrogen and oxygen atoms in total. The molecule has 0 aliphatic heterocycles. The van der Waals surface area contributed by atoms with E-state index in [9.17, 15) is 18.3 Å². The smallest absolute Gasteiger partial charge is 0.416 e. The lowest BCUT2D eigenvalue weighted by molar-refractivity contribution is -0.137. The maximum atomic E-state index is 12.6. The summed E-state index contributed by atoms with van der Waals surface area (Å²) in [5.41, 5.74) is -0.433. The third-order valence-electron chi connectivity index (χ3n) is 2.55. The third kappa shape index (κ3) is 2.96. The van der Waals surface area contributed by atoms with Gasteiger partial charge in [0.05, 0.1) is 15.6 Å². The molecular weight excluding hydrogens is 300 g/mol. The molecule has 2 rings (SSSR count). The Bertz CT molecular complexity index is 624. The summed E-state index contributed by atoms with van der Waals surface area (Å²) in [4.78, 5) is 0. The number of rotatable bonds is 1. The predicted molar refractivity (Wildman–Crippen MR) is 68.6 cm³/mol. The standard InChI is InChI=1S/C13H7Cl2F3O/c14-10-3-1-7(5-11(10)15)9-6-8(13(16,17)18)2-4-12(9)19/h1-6,19H. The van der Waals surface area contributed by atoms with Crippen molar-refractivity contribution in [2.75, 3.05) is 0 Å². The quantitative estimate of drug-likeness (QED) is 0.749. The fourth-order valence-electron chi connectivity index (χ4n) is 1.61. The number of halogens is 5. The van der Waals surface area contributed by atoms with Gasteiger partial charge in [0.2, 0.25) is 0 Å². The second kappa shape index (κ2) is 4.94. The van der Waals surface area contributed by atoms with Gasteiger partial charge in [-0.2, -0.15) is 13.2 Å². The van der Waals surface area contributed by atoms with Crippen LogP contribution in [-0.4, -0.2) is 5.11 Å². The van der Waals surface area contributed by atoms with Crippen LogP contribution in [0.15, 0.2) is 36.4 Å². The van der Waals surface area contributed by atoms with Crippen molar-refractivity contribution in [1.29, 1.82) is 0 Å². The highest BCUT2D eigenvalue weighted by Crippen LogP contribution is 2.38. The van der Waals surface area contributed by atoms with Gasteiger partial charge in [-0.25, -0.2) is 0 Å². The Hall–Kier alpha value is -1.39. The van der Waals surface area contributed by atoms with E-state index in [0.29, 0.717) is 5.56 Å². The molecule has 0 bridgehead atoms. The Labute approximate surface area is 117 Å². The van der Waals surface area contributed by atoms with Crippen molar-refractivity contribution in [2.45, 2.75) is 6.18 Å². The summed E-state index contributed by atoms with van der Waals surface area (Å²) in [6.45, 7) is 0. The maximum absolute atomic E-state index is 12.6. The number of hydrogen-bond donors (Lipinski definition) is 1. The van der Waals surface area contributed by atoms with Crippen LogP contribution in [0.4, 0.5) is 13.2 Å². The van der Waals surface area contributed by atoms with Crippen LogP contribution >= 0.6 is 23.2 Å². The van der Waals surface area contributed by atoms with Crippen LogP contribution in [0, 0.1) is 0 Å². The lowest BCUT2D eigenvalue weighted by Gasteiger charge is -2.11. The molecule has 0 aromatic heterocycles. The zero-order valence-electron chi connectivity index (χ0n) is 9.30. The minimum Gasteiger partial charge on any atom is -0.507 e. The Kier molecular flexibility index (Phi) is 3.65. The van der Waals surface area contributed by atoms with Gasteiger partial charge < -0.3 is 5.11 Å². The Balaban J connectivity index is 2.58. The minimum absolute atomic E-state index is 0.0494. The van der Waals surface area contributed by atoms with E-state index in [1.165, 1.54) is 18.2 Å². The van der Waals surface area contributed by atoms with Crippen molar-refractivity contribution in [3.8, 4) is 16.9 Å². The van der Waals surface area contributed by atoms with E-state index in [-0.39, 0.29) is 21.4 Å². The minimum atomic E-state index is -4.47. The number of phenolic OH excluding ortho intramolecular Hbond substituents is 1. The highest BCUT2D eigenvalue weighted by atomic mass is 35.5. The number of phenols is 1. The lowest BCUT2D eigenvalue weighted by atomic mass is 10.0. The largest absolute Gasteiger partial charge is 0.507 e. The van der Waals surface area contributed by atoms with Gasteiger partial charge in [0.25, 0.3) is 0 Å². The Morgan fingerprint density at radius 2 is 1.58 bits per heavy atom. The SMILES string of the molecule is Oc1ccc(C(F)(F)F)cc1-c1ccc(Cl)c(Cl)c1. The van der Waals surface area contributed by atoms with E-state index >= 15 is 0 Å². The van der Waals surface area contributed by atoms with Crippen LogP contribution in [-0.2, 0) is 6.18 Å². The first kappa shape index (κ1) is 14.0. The first-order valence-corrected chi connectivity index (χ1v) is 5.90. The van der Waals surface area contributed by atoms with Gasteiger partial charge in [0, 0.05) is 5.56 Å². The second-order valence-corrected chi connectivity index (χ2v) is 4.67. The van der Waals surface area contributed by atoms with E-state index in [1.54, 1.807) is 0 Å². The predicted octanol–water partition coefficient (Wildman–Crippen LogP) is 5.38. The first-order chi connectivity index (χ1) is 8.79. The fourth-order valence-corrected chi connectivity index (χ4v) is 1.91. The molecule has 1 N–H and O–H groups in total. The summed E-state index contributed by atoms with van der Waals surface area (Å²) >= 11 is 11.5. The molecule has 19 heavy (non-hydrogen) atoms. The first-order valence-electron chi connectivity index (χ1n) is 5.14. The van der Waals surface area contributed by atoms with E-state index in [0.717, 1.165) is 18.2 Å². The summed E-state index contributed by atoms with van der Waals surface area (Å²) < 4.78 is 37.9.